The Kier molecular flexibility index (Phi) is 4.96. The molecule has 1 unspecified atom stereocenters. The number of halogens is 2. The number of amides is 1. The summed E-state index contributed by atoms with van der Waals surface area (Å²) < 4.78 is 39.8. The maximum Gasteiger partial charge on any atom is 0.247 e. The third kappa shape index (κ3) is 3.77. The van der Waals surface area contributed by atoms with Crippen LogP contribution in [0.15, 0.2) is 48.5 Å². The molecule has 1 N–H and O–H groups in total. The Labute approximate surface area is 150 Å². The van der Waals surface area contributed by atoms with E-state index in [-0.39, 0.29) is 24.5 Å². The van der Waals surface area contributed by atoms with E-state index in [1.165, 1.54) is 16.4 Å². The minimum Gasteiger partial charge on any atom is -0.351 e. The molecule has 1 heterocycles. The van der Waals surface area contributed by atoms with E-state index in [2.05, 4.69) is 5.32 Å². The van der Waals surface area contributed by atoms with E-state index in [9.17, 15) is 17.6 Å². The summed E-state index contributed by atoms with van der Waals surface area (Å²) in [5, 5.41) is 1.61. The molecule has 1 aliphatic heterocycles. The molecule has 2 aromatic carbocycles. The van der Waals surface area contributed by atoms with Crippen molar-refractivity contribution in [3.8, 4) is 0 Å². The van der Waals surface area contributed by atoms with E-state index in [1.807, 2.05) is 0 Å². The number of nitrogens with one attached hydrogen (secondary N) is 1. The van der Waals surface area contributed by atoms with Gasteiger partial charge in [-0.2, -0.15) is 0 Å². The highest BCUT2D eigenvalue weighted by Gasteiger charge is 2.43. The third-order valence-electron chi connectivity index (χ3n) is 3.99. The maximum atomic E-state index is 13.3. The van der Waals surface area contributed by atoms with Crippen molar-refractivity contribution in [2.45, 2.75) is 18.2 Å². The van der Waals surface area contributed by atoms with Gasteiger partial charge in [-0.1, -0.05) is 29.8 Å². The van der Waals surface area contributed by atoms with Crippen molar-refractivity contribution in [3.63, 3.8) is 0 Å². The van der Waals surface area contributed by atoms with Crippen LogP contribution < -0.4 is 9.62 Å². The first-order valence-corrected chi connectivity index (χ1v) is 9.55. The highest BCUT2D eigenvalue weighted by Crippen LogP contribution is 2.28. The smallest absolute Gasteiger partial charge is 0.247 e. The molecule has 0 aliphatic carbocycles. The molecule has 0 saturated carbocycles. The molecule has 1 atom stereocenters. The van der Waals surface area contributed by atoms with Gasteiger partial charge in [0.2, 0.25) is 15.9 Å². The van der Waals surface area contributed by atoms with Crippen molar-refractivity contribution in [2.24, 2.45) is 0 Å². The van der Waals surface area contributed by atoms with Crippen molar-refractivity contribution < 1.29 is 17.6 Å². The fraction of sp³-hybridized carbons (Fsp3) is 0.235. The van der Waals surface area contributed by atoms with Gasteiger partial charge in [0.25, 0.3) is 0 Å². The van der Waals surface area contributed by atoms with Gasteiger partial charge in [0.1, 0.15) is 5.82 Å². The molecule has 8 heteroatoms. The molecular weight excluding hydrogens is 367 g/mol. The molecule has 1 aliphatic rings. The Hall–Kier alpha value is -2.12. The second-order valence-electron chi connectivity index (χ2n) is 5.73. The molecule has 5 nitrogen and oxygen atoms in total. The summed E-state index contributed by atoms with van der Waals surface area (Å²) in [6.45, 7) is 0.254. The van der Waals surface area contributed by atoms with Crippen LogP contribution in [0.3, 0.4) is 0 Å². The van der Waals surface area contributed by atoms with Crippen LogP contribution >= 0.6 is 11.6 Å². The van der Waals surface area contributed by atoms with Gasteiger partial charge >= 0.3 is 0 Å². The third-order valence-corrected chi connectivity index (χ3v) is 6.38. The molecule has 2 aromatic rings. The van der Waals surface area contributed by atoms with Crippen LogP contribution in [0, 0.1) is 5.82 Å². The molecule has 25 heavy (non-hydrogen) atoms. The zero-order valence-electron chi connectivity index (χ0n) is 13.2. The summed E-state index contributed by atoms with van der Waals surface area (Å²) in [6.07, 6.45) is 0.201. The first-order chi connectivity index (χ1) is 11.9. The minimum atomic E-state index is -3.78. The molecule has 132 valence electrons. The van der Waals surface area contributed by atoms with Crippen molar-refractivity contribution in [1.82, 2.24) is 5.32 Å². The Morgan fingerprint density at radius 2 is 1.96 bits per heavy atom. The summed E-state index contributed by atoms with van der Waals surface area (Å²) in [7, 11) is -3.78. The normalized spacial score (nSPS) is 19.0. The van der Waals surface area contributed by atoms with Crippen LogP contribution in [0.25, 0.3) is 0 Å². The number of hydrogen-bond acceptors (Lipinski definition) is 3. The van der Waals surface area contributed by atoms with Crippen LogP contribution in [0.5, 0.6) is 0 Å². The molecule has 0 radical (unpaired) electrons. The van der Waals surface area contributed by atoms with E-state index in [0.717, 1.165) is 6.07 Å². The first kappa shape index (κ1) is 17.7. The summed E-state index contributed by atoms with van der Waals surface area (Å²) in [4.78, 5) is 12.3. The second kappa shape index (κ2) is 7.01. The average molecular weight is 383 g/mol. The van der Waals surface area contributed by atoms with Gasteiger partial charge in [-0.3, -0.25) is 9.10 Å². The summed E-state index contributed by atoms with van der Waals surface area (Å²) in [5.41, 5.74) is 1.00. The van der Waals surface area contributed by atoms with Crippen molar-refractivity contribution in [1.29, 1.82) is 0 Å². The average Bonchev–Trinajstić information content (AvgIpc) is 2.87. The number of carbonyl (C=O) groups is 1. The van der Waals surface area contributed by atoms with E-state index in [0.29, 0.717) is 11.3 Å². The number of rotatable bonds is 4. The van der Waals surface area contributed by atoms with E-state index in [1.54, 1.807) is 30.3 Å². The molecule has 0 aromatic heterocycles. The number of nitrogens with zero attached hydrogens (tertiary/aromatic N) is 1. The van der Waals surface area contributed by atoms with Gasteiger partial charge < -0.3 is 5.32 Å². The van der Waals surface area contributed by atoms with Crippen LogP contribution in [0.4, 0.5) is 10.1 Å². The summed E-state index contributed by atoms with van der Waals surface area (Å²) in [5.74, 6) is -1.11. The quantitative estimate of drug-likeness (QED) is 0.884. The Balaban J connectivity index is 1.70. The zero-order valence-corrected chi connectivity index (χ0v) is 14.7. The number of hydrogen-bond donors (Lipinski definition) is 1. The van der Waals surface area contributed by atoms with E-state index < -0.39 is 27.0 Å². The monoisotopic (exact) mass is 382 g/mol. The molecule has 0 bridgehead atoms. The standard InChI is InChI=1S/C17H16ClFN2O3S/c18-13-8-12(9-14(19)10-13)11-20-17(22)16-6-7-21(25(16,23)24)15-4-2-1-3-5-15/h1-5,8-10,16H,6-7,11H2,(H,20,22). The Morgan fingerprint density at radius 3 is 2.64 bits per heavy atom. The van der Waals surface area contributed by atoms with E-state index in [4.69, 9.17) is 11.6 Å². The van der Waals surface area contributed by atoms with Crippen molar-refractivity contribution >= 4 is 33.2 Å². The lowest BCUT2D eigenvalue weighted by molar-refractivity contribution is -0.120. The van der Waals surface area contributed by atoms with Crippen molar-refractivity contribution in [3.05, 3.63) is 64.9 Å². The topological polar surface area (TPSA) is 66.5 Å². The van der Waals surface area contributed by atoms with Gasteiger partial charge in [0.15, 0.2) is 5.25 Å². The Morgan fingerprint density at radius 1 is 1.24 bits per heavy atom. The highest BCUT2D eigenvalue weighted by atomic mass is 35.5. The highest BCUT2D eigenvalue weighted by molar-refractivity contribution is 7.94. The van der Waals surface area contributed by atoms with Gasteiger partial charge in [0, 0.05) is 18.1 Å². The number of benzene rings is 2. The molecule has 0 spiro atoms. The molecule has 1 saturated heterocycles. The van der Waals surface area contributed by atoms with Crippen LogP contribution in [0.1, 0.15) is 12.0 Å². The van der Waals surface area contributed by atoms with Gasteiger partial charge in [-0.05, 0) is 42.3 Å². The van der Waals surface area contributed by atoms with Gasteiger partial charge in [-0.25, -0.2) is 12.8 Å². The van der Waals surface area contributed by atoms with Crippen molar-refractivity contribution in [2.75, 3.05) is 10.8 Å². The largest absolute Gasteiger partial charge is 0.351 e. The Bertz CT molecular complexity index is 870. The fourth-order valence-corrected chi connectivity index (χ4v) is 4.90. The zero-order chi connectivity index (χ0) is 18.0. The predicted molar refractivity (Wildman–Crippen MR) is 94.4 cm³/mol. The van der Waals surface area contributed by atoms with Crippen LogP contribution in [-0.2, 0) is 21.4 Å². The minimum absolute atomic E-state index is 0.00761. The summed E-state index contributed by atoms with van der Waals surface area (Å²) in [6, 6.07) is 12.6. The summed E-state index contributed by atoms with van der Waals surface area (Å²) >= 11 is 5.77. The fourth-order valence-electron chi connectivity index (χ4n) is 2.82. The van der Waals surface area contributed by atoms with Gasteiger partial charge in [-0.15, -0.1) is 0 Å². The predicted octanol–water partition coefficient (Wildman–Crippen LogP) is 2.70. The molecule has 3 rings (SSSR count). The lowest BCUT2D eigenvalue weighted by Crippen LogP contribution is -2.40. The van der Waals surface area contributed by atoms with Gasteiger partial charge in [0.05, 0.1) is 5.69 Å². The molecule has 1 amide bonds. The second-order valence-corrected chi connectivity index (χ2v) is 8.20. The molecule has 1 fully saturated rings. The number of sulfonamides is 1. The number of para-hydroxylation sites is 1. The first-order valence-electron chi connectivity index (χ1n) is 7.67. The van der Waals surface area contributed by atoms with Crippen LogP contribution in [-0.4, -0.2) is 26.1 Å². The van der Waals surface area contributed by atoms with E-state index >= 15 is 0 Å². The number of carbonyl (C=O) groups excluding carboxylic acids is 1. The maximum absolute atomic E-state index is 13.3. The molecular formula is C17H16ClFN2O3S. The lowest BCUT2D eigenvalue weighted by Gasteiger charge is -2.18. The van der Waals surface area contributed by atoms with Crippen LogP contribution in [0.2, 0.25) is 5.02 Å². The lowest BCUT2D eigenvalue weighted by atomic mass is 10.2. The number of anilines is 1. The SMILES string of the molecule is O=C(NCc1cc(F)cc(Cl)c1)C1CCN(c2ccccc2)S1(=O)=O.